The summed E-state index contributed by atoms with van der Waals surface area (Å²) in [5, 5.41) is 2.01. The molecule has 2 aromatic heterocycles. The molecule has 0 atom stereocenters. The number of halogens is 1. The molecule has 0 aliphatic carbocycles. The van der Waals surface area contributed by atoms with Crippen molar-refractivity contribution in [3.8, 4) is 22.4 Å². The number of benzene rings is 3. The van der Waals surface area contributed by atoms with Crippen LogP contribution in [0.25, 0.3) is 44.3 Å². The lowest BCUT2D eigenvalue weighted by molar-refractivity contribution is 0.411. The van der Waals surface area contributed by atoms with E-state index >= 15 is 0 Å². The fourth-order valence-corrected chi connectivity index (χ4v) is 3.86. The van der Waals surface area contributed by atoms with Crippen molar-refractivity contribution in [3.05, 3.63) is 90.4 Å². The van der Waals surface area contributed by atoms with E-state index in [1.807, 2.05) is 63.2 Å². The van der Waals surface area contributed by atoms with E-state index in [1.165, 1.54) is 12.1 Å². The predicted molar refractivity (Wildman–Crippen MR) is 126 cm³/mol. The Morgan fingerprint density at radius 2 is 1.42 bits per heavy atom. The highest BCUT2D eigenvalue weighted by atomic mass is 19.1. The minimum atomic E-state index is -1.50. The van der Waals surface area contributed by atoms with Gasteiger partial charge in [-0.3, -0.25) is 4.98 Å². The van der Waals surface area contributed by atoms with Gasteiger partial charge < -0.3 is 4.42 Å². The van der Waals surface area contributed by atoms with Crippen molar-refractivity contribution < 1.29 is 11.5 Å². The molecule has 2 heterocycles. The first-order chi connectivity index (χ1) is 15.6. The van der Waals surface area contributed by atoms with Crippen molar-refractivity contribution in [3.63, 3.8) is 0 Å². The molecule has 2 nitrogen and oxygen atoms in total. The van der Waals surface area contributed by atoms with Gasteiger partial charge in [-0.2, -0.15) is 0 Å². The van der Waals surface area contributed by atoms with E-state index in [4.69, 9.17) is 7.16 Å². The van der Waals surface area contributed by atoms with Crippen molar-refractivity contribution in [2.75, 3.05) is 0 Å². The molecule has 0 spiro atoms. The molecule has 0 amide bonds. The van der Waals surface area contributed by atoms with Gasteiger partial charge in [-0.1, -0.05) is 45.0 Å². The van der Waals surface area contributed by atoms with Crippen LogP contribution in [0.5, 0.6) is 0 Å². The van der Waals surface area contributed by atoms with Gasteiger partial charge in [0, 0.05) is 25.3 Å². The smallest absolute Gasteiger partial charge is 0.136 e. The highest BCUT2D eigenvalue weighted by Crippen LogP contribution is 2.34. The third-order valence-electron chi connectivity index (χ3n) is 5.23. The molecule has 0 N–H and O–H groups in total. The number of fused-ring (bicyclic) bond motifs is 3. The molecule has 31 heavy (non-hydrogen) atoms. The molecule has 0 bridgehead atoms. The van der Waals surface area contributed by atoms with Crippen LogP contribution in [0.2, 0.25) is 0 Å². The summed E-state index contributed by atoms with van der Waals surface area (Å²) >= 11 is 0. The van der Waals surface area contributed by atoms with Crippen molar-refractivity contribution >= 4 is 21.9 Å². The second-order valence-corrected chi connectivity index (χ2v) is 8.84. The summed E-state index contributed by atoms with van der Waals surface area (Å²) in [6, 6.07) is 21.9. The number of pyridine rings is 1. The van der Waals surface area contributed by atoms with Gasteiger partial charge in [0.15, 0.2) is 0 Å². The van der Waals surface area contributed by atoms with Gasteiger partial charge in [-0.25, -0.2) is 4.39 Å². The summed E-state index contributed by atoms with van der Waals surface area (Å²) in [6.45, 7) is 5.69. The van der Waals surface area contributed by atoms with Crippen LogP contribution in [0.15, 0.2) is 83.4 Å². The van der Waals surface area contributed by atoms with E-state index in [2.05, 4.69) is 4.98 Å². The fourth-order valence-electron chi connectivity index (χ4n) is 3.86. The Morgan fingerprint density at radius 1 is 0.806 bits per heavy atom. The number of furan rings is 1. The zero-order chi connectivity index (χ0) is 23.4. The van der Waals surface area contributed by atoms with E-state index in [0.29, 0.717) is 11.3 Å². The van der Waals surface area contributed by atoms with Crippen LogP contribution in [0.1, 0.15) is 29.1 Å². The Balaban J connectivity index is 1.57. The molecule has 0 saturated heterocycles. The minimum absolute atomic E-state index is 0.260. The van der Waals surface area contributed by atoms with Crippen molar-refractivity contribution in [1.82, 2.24) is 4.98 Å². The minimum Gasteiger partial charge on any atom is -0.456 e. The molecule has 154 valence electrons. The van der Waals surface area contributed by atoms with E-state index in [-0.39, 0.29) is 5.82 Å². The highest BCUT2D eigenvalue weighted by molar-refractivity contribution is 6.06. The van der Waals surface area contributed by atoms with Crippen molar-refractivity contribution in [1.29, 1.82) is 0 Å². The molecule has 5 aromatic rings. The van der Waals surface area contributed by atoms with Gasteiger partial charge in [0.05, 0.1) is 5.69 Å². The normalized spacial score (nSPS) is 13.4. The fraction of sp³-hybridized carbons (Fsp3) is 0.179. The summed E-state index contributed by atoms with van der Waals surface area (Å²) < 4.78 is 36.6. The maximum absolute atomic E-state index is 13.3. The van der Waals surface area contributed by atoms with E-state index in [1.54, 1.807) is 24.4 Å². The van der Waals surface area contributed by atoms with Gasteiger partial charge in [0.25, 0.3) is 0 Å². The van der Waals surface area contributed by atoms with Gasteiger partial charge in [0.1, 0.15) is 17.0 Å². The van der Waals surface area contributed by atoms with Gasteiger partial charge in [0.2, 0.25) is 0 Å². The SMILES string of the molecule is [2H]C([2H])(c1ccnc(-c2ccc3c(c2)oc2cc(-c4ccc(F)cc4)ccc23)c1)C(C)(C)C. The largest absolute Gasteiger partial charge is 0.456 e. The van der Waals surface area contributed by atoms with Crippen molar-refractivity contribution in [2.45, 2.75) is 27.1 Å². The molecule has 3 aromatic carbocycles. The number of hydrogen-bond acceptors (Lipinski definition) is 2. The Labute approximate surface area is 184 Å². The van der Waals surface area contributed by atoms with Gasteiger partial charge >= 0.3 is 0 Å². The molecule has 0 unspecified atom stereocenters. The van der Waals surface area contributed by atoms with Gasteiger partial charge in [-0.15, -0.1) is 0 Å². The first kappa shape index (κ1) is 17.2. The molecule has 0 aliphatic heterocycles. The first-order valence-corrected chi connectivity index (χ1v) is 10.3. The average Bonchev–Trinajstić information content (AvgIpc) is 3.16. The molecule has 5 rings (SSSR count). The average molecular weight is 412 g/mol. The van der Waals surface area contributed by atoms with Crippen LogP contribution in [0.3, 0.4) is 0 Å². The third kappa shape index (κ3) is 3.96. The standard InChI is InChI=1S/C28H24FNO/c1-28(2,3)17-18-12-13-30-25(14-18)21-7-11-24-23-10-6-20(15-26(23)31-27(24)16-21)19-4-8-22(29)9-5-19/h4-16H,17H2,1-3H3/i17D2. The maximum atomic E-state index is 13.3. The van der Waals surface area contributed by atoms with Crippen LogP contribution in [-0.4, -0.2) is 4.98 Å². The Morgan fingerprint density at radius 3 is 2.10 bits per heavy atom. The number of aromatic nitrogens is 1. The number of nitrogens with zero attached hydrogens (tertiary/aromatic N) is 1. The van der Waals surface area contributed by atoms with E-state index in [9.17, 15) is 4.39 Å². The molecular weight excluding hydrogens is 385 g/mol. The van der Waals surface area contributed by atoms with Crippen LogP contribution in [0, 0.1) is 11.2 Å². The maximum Gasteiger partial charge on any atom is 0.136 e. The zero-order valence-corrected chi connectivity index (χ0v) is 17.7. The second kappa shape index (κ2) is 7.35. The first-order valence-electron chi connectivity index (χ1n) is 11.3. The zero-order valence-electron chi connectivity index (χ0n) is 19.7. The molecule has 0 fully saturated rings. The lowest BCUT2D eigenvalue weighted by Crippen LogP contribution is -2.09. The predicted octanol–water partition coefficient (Wildman–Crippen LogP) is 8.04. The lowest BCUT2D eigenvalue weighted by atomic mass is 9.88. The summed E-state index contributed by atoms with van der Waals surface area (Å²) in [4.78, 5) is 4.49. The lowest BCUT2D eigenvalue weighted by Gasteiger charge is -2.18. The monoisotopic (exact) mass is 411 g/mol. The molecule has 0 radical (unpaired) electrons. The van der Waals surface area contributed by atoms with Crippen molar-refractivity contribution in [2.24, 2.45) is 5.41 Å². The molecule has 0 saturated carbocycles. The van der Waals surface area contributed by atoms with Gasteiger partial charge in [-0.05, 0) is 77.0 Å². The Kier molecular flexibility index (Phi) is 4.09. The van der Waals surface area contributed by atoms with Crippen LogP contribution >= 0.6 is 0 Å². The number of rotatable bonds is 3. The Hall–Kier alpha value is -3.46. The van der Waals surface area contributed by atoms with E-state index in [0.717, 1.165) is 38.6 Å². The summed E-state index contributed by atoms with van der Waals surface area (Å²) in [5.41, 5.74) is 5.01. The summed E-state index contributed by atoms with van der Waals surface area (Å²) in [5.74, 6) is -0.260. The summed E-state index contributed by atoms with van der Waals surface area (Å²) in [6.07, 6.45) is 0.164. The topological polar surface area (TPSA) is 26.0 Å². The third-order valence-corrected chi connectivity index (χ3v) is 5.23. The number of hydrogen-bond donors (Lipinski definition) is 0. The molecule has 3 heteroatoms. The second-order valence-electron chi connectivity index (χ2n) is 8.84. The van der Waals surface area contributed by atoms with E-state index < -0.39 is 11.8 Å². The molecular formula is C28H24FNO. The van der Waals surface area contributed by atoms with Crippen LogP contribution < -0.4 is 0 Å². The van der Waals surface area contributed by atoms with Crippen LogP contribution in [0.4, 0.5) is 4.39 Å². The highest BCUT2D eigenvalue weighted by Gasteiger charge is 2.14. The summed E-state index contributed by atoms with van der Waals surface area (Å²) in [7, 11) is 0. The quantitative estimate of drug-likeness (QED) is 0.300. The molecule has 0 aliphatic rings. The van der Waals surface area contributed by atoms with Crippen LogP contribution in [-0.2, 0) is 6.37 Å². The Bertz CT molecular complexity index is 1480.